The summed E-state index contributed by atoms with van der Waals surface area (Å²) in [6, 6.07) is 13.9. The van der Waals surface area contributed by atoms with E-state index in [0.29, 0.717) is 11.4 Å². The Hall–Kier alpha value is -2.80. The lowest BCUT2D eigenvalue weighted by molar-refractivity contribution is -0.113. The fourth-order valence-electron chi connectivity index (χ4n) is 3.05. The van der Waals surface area contributed by atoms with Gasteiger partial charge in [0, 0.05) is 12.1 Å². The normalized spacial score (nSPS) is 10.8. The second-order valence-corrected chi connectivity index (χ2v) is 7.81. The predicted molar refractivity (Wildman–Crippen MR) is 118 cm³/mol. The standard InChI is InChI=1S/C22H26N4O2S/c1-5-11-26-21(17-8-6-7-15(2)12-17)24-25-22(26)29-14-20(27)23-18-13-16(3)9-10-19(18)28-4/h6-10,12-13H,5,11,14H2,1-4H3,(H,23,27). The Kier molecular flexibility index (Phi) is 6.93. The second kappa shape index (κ2) is 9.60. The first-order chi connectivity index (χ1) is 14.0. The van der Waals surface area contributed by atoms with Gasteiger partial charge in [0.15, 0.2) is 11.0 Å². The smallest absolute Gasteiger partial charge is 0.234 e. The van der Waals surface area contributed by atoms with Gasteiger partial charge in [-0.15, -0.1) is 10.2 Å². The summed E-state index contributed by atoms with van der Waals surface area (Å²) in [4.78, 5) is 12.5. The number of amides is 1. The van der Waals surface area contributed by atoms with Crippen molar-refractivity contribution in [2.45, 2.75) is 38.9 Å². The average Bonchev–Trinajstić information content (AvgIpc) is 3.09. The molecule has 0 aliphatic carbocycles. The molecule has 29 heavy (non-hydrogen) atoms. The number of methoxy groups -OCH3 is 1. The predicted octanol–water partition coefficient (Wildman–Crippen LogP) is 4.71. The Bertz CT molecular complexity index is 1000. The zero-order valence-electron chi connectivity index (χ0n) is 17.2. The minimum absolute atomic E-state index is 0.109. The number of rotatable bonds is 8. The van der Waals surface area contributed by atoms with Gasteiger partial charge in [-0.1, -0.05) is 48.5 Å². The maximum atomic E-state index is 12.5. The van der Waals surface area contributed by atoms with Crippen molar-refractivity contribution in [1.82, 2.24) is 14.8 Å². The van der Waals surface area contributed by atoms with Gasteiger partial charge >= 0.3 is 0 Å². The van der Waals surface area contributed by atoms with Crippen LogP contribution in [0.5, 0.6) is 5.75 Å². The third kappa shape index (κ3) is 5.17. The molecule has 0 fully saturated rings. The summed E-state index contributed by atoms with van der Waals surface area (Å²) < 4.78 is 7.41. The maximum Gasteiger partial charge on any atom is 0.234 e. The van der Waals surface area contributed by atoms with Crippen LogP contribution in [0.2, 0.25) is 0 Å². The first kappa shape index (κ1) is 20.9. The largest absolute Gasteiger partial charge is 0.495 e. The number of ether oxygens (including phenoxy) is 1. The van der Waals surface area contributed by atoms with Crippen LogP contribution in [0, 0.1) is 13.8 Å². The molecule has 3 rings (SSSR count). The zero-order valence-corrected chi connectivity index (χ0v) is 18.0. The van der Waals surface area contributed by atoms with Crippen LogP contribution in [-0.2, 0) is 11.3 Å². The minimum Gasteiger partial charge on any atom is -0.495 e. The molecule has 0 aliphatic heterocycles. The van der Waals surface area contributed by atoms with Crippen molar-refractivity contribution in [3.05, 3.63) is 53.6 Å². The topological polar surface area (TPSA) is 69.0 Å². The summed E-state index contributed by atoms with van der Waals surface area (Å²) in [6.45, 7) is 6.95. The molecular formula is C22H26N4O2S. The molecule has 0 unspecified atom stereocenters. The van der Waals surface area contributed by atoms with Crippen LogP contribution in [0.1, 0.15) is 24.5 Å². The third-order valence-electron chi connectivity index (χ3n) is 4.40. The van der Waals surface area contributed by atoms with E-state index in [4.69, 9.17) is 4.74 Å². The van der Waals surface area contributed by atoms with Crippen molar-refractivity contribution in [2.24, 2.45) is 0 Å². The van der Waals surface area contributed by atoms with E-state index in [9.17, 15) is 4.79 Å². The number of aryl methyl sites for hydroxylation is 2. The molecule has 1 aromatic heterocycles. The van der Waals surface area contributed by atoms with Gasteiger partial charge in [-0.25, -0.2) is 0 Å². The number of aromatic nitrogens is 3. The Morgan fingerprint density at radius 3 is 2.66 bits per heavy atom. The molecule has 152 valence electrons. The Labute approximate surface area is 175 Å². The van der Waals surface area contributed by atoms with Gasteiger partial charge in [-0.2, -0.15) is 0 Å². The number of hydrogen-bond donors (Lipinski definition) is 1. The molecule has 2 aromatic carbocycles. The summed E-state index contributed by atoms with van der Waals surface area (Å²) in [5, 5.41) is 12.4. The number of benzene rings is 2. The monoisotopic (exact) mass is 410 g/mol. The highest BCUT2D eigenvalue weighted by atomic mass is 32.2. The van der Waals surface area contributed by atoms with Gasteiger partial charge in [0.25, 0.3) is 0 Å². The number of hydrogen-bond acceptors (Lipinski definition) is 5. The van der Waals surface area contributed by atoms with E-state index in [1.165, 1.54) is 17.3 Å². The fraction of sp³-hybridized carbons (Fsp3) is 0.318. The highest BCUT2D eigenvalue weighted by Gasteiger charge is 2.16. The van der Waals surface area contributed by atoms with E-state index in [1.807, 2.05) is 37.3 Å². The lowest BCUT2D eigenvalue weighted by atomic mass is 10.1. The van der Waals surface area contributed by atoms with Gasteiger partial charge < -0.3 is 14.6 Å². The molecule has 0 saturated carbocycles. The van der Waals surface area contributed by atoms with Crippen LogP contribution in [0.3, 0.4) is 0 Å². The van der Waals surface area contributed by atoms with Crippen LogP contribution in [0.4, 0.5) is 5.69 Å². The summed E-state index contributed by atoms with van der Waals surface area (Å²) in [5.41, 5.74) is 3.94. The lowest BCUT2D eigenvalue weighted by Crippen LogP contribution is -2.15. The molecule has 0 spiro atoms. The van der Waals surface area contributed by atoms with E-state index in [2.05, 4.69) is 46.1 Å². The van der Waals surface area contributed by atoms with Crippen LogP contribution in [0.25, 0.3) is 11.4 Å². The first-order valence-electron chi connectivity index (χ1n) is 9.59. The number of nitrogens with zero attached hydrogens (tertiary/aromatic N) is 3. The molecule has 0 saturated heterocycles. The Morgan fingerprint density at radius 2 is 1.93 bits per heavy atom. The maximum absolute atomic E-state index is 12.5. The Balaban J connectivity index is 1.74. The average molecular weight is 411 g/mol. The van der Waals surface area contributed by atoms with Gasteiger partial charge in [0.05, 0.1) is 18.6 Å². The van der Waals surface area contributed by atoms with Crippen molar-refractivity contribution >= 4 is 23.4 Å². The van der Waals surface area contributed by atoms with Gasteiger partial charge in [0.2, 0.25) is 5.91 Å². The van der Waals surface area contributed by atoms with Crippen molar-refractivity contribution < 1.29 is 9.53 Å². The van der Waals surface area contributed by atoms with E-state index in [0.717, 1.165) is 35.1 Å². The molecule has 1 N–H and O–H groups in total. The van der Waals surface area contributed by atoms with Crippen LogP contribution >= 0.6 is 11.8 Å². The van der Waals surface area contributed by atoms with E-state index >= 15 is 0 Å². The SMILES string of the molecule is CCCn1c(SCC(=O)Nc2cc(C)ccc2OC)nnc1-c1cccc(C)c1. The molecule has 7 heteroatoms. The summed E-state index contributed by atoms with van der Waals surface area (Å²) in [7, 11) is 1.59. The highest BCUT2D eigenvalue weighted by Crippen LogP contribution is 2.27. The van der Waals surface area contributed by atoms with Crippen LogP contribution in [-0.4, -0.2) is 33.5 Å². The second-order valence-electron chi connectivity index (χ2n) is 6.87. The fourth-order valence-corrected chi connectivity index (χ4v) is 3.82. The molecule has 1 amide bonds. The van der Waals surface area contributed by atoms with E-state index in [1.54, 1.807) is 7.11 Å². The highest BCUT2D eigenvalue weighted by molar-refractivity contribution is 7.99. The molecule has 6 nitrogen and oxygen atoms in total. The van der Waals surface area contributed by atoms with Crippen molar-refractivity contribution in [1.29, 1.82) is 0 Å². The number of carbonyl (C=O) groups excluding carboxylic acids is 1. The Morgan fingerprint density at radius 1 is 1.14 bits per heavy atom. The van der Waals surface area contributed by atoms with Gasteiger partial charge in [-0.05, 0) is 44.0 Å². The van der Waals surface area contributed by atoms with Crippen molar-refractivity contribution in [3.8, 4) is 17.1 Å². The molecule has 3 aromatic rings. The number of carbonyl (C=O) groups is 1. The van der Waals surface area contributed by atoms with Crippen molar-refractivity contribution in [3.63, 3.8) is 0 Å². The summed E-state index contributed by atoms with van der Waals surface area (Å²) in [5.74, 6) is 1.61. The van der Waals surface area contributed by atoms with Crippen molar-refractivity contribution in [2.75, 3.05) is 18.2 Å². The molecule has 0 radical (unpaired) electrons. The first-order valence-corrected chi connectivity index (χ1v) is 10.6. The van der Waals surface area contributed by atoms with Gasteiger partial charge in [-0.3, -0.25) is 4.79 Å². The third-order valence-corrected chi connectivity index (χ3v) is 5.37. The number of anilines is 1. The quantitative estimate of drug-likeness (QED) is 0.545. The molecule has 0 bridgehead atoms. The van der Waals surface area contributed by atoms with E-state index in [-0.39, 0.29) is 11.7 Å². The summed E-state index contributed by atoms with van der Waals surface area (Å²) in [6.07, 6.45) is 0.955. The molecule has 0 aliphatic rings. The van der Waals surface area contributed by atoms with Crippen LogP contribution < -0.4 is 10.1 Å². The molecule has 0 atom stereocenters. The minimum atomic E-state index is -0.109. The molecule has 1 heterocycles. The lowest BCUT2D eigenvalue weighted by Gasteiger charge is -2.11. The van der Waals surface area contributed by atoms with E-state index < -0.39 is 0 Å². The van der Waals surface area contributed by atoms with Gasteiger partial charge in [0.1, 0.15) is 5.75 Å². The summed E-state index contributed by atoms with van der Waals surface area (Å²) >= 11 is 1.39. The van der Waals surface area contributed by atoms with Crippen LogP contribution in [0.15, 0.2) is 47.6 Å². The zero-order chi connectivity index (χ0) is 20.8. The molecular weight excluding hydrogens is 384 g/mol. The number of thioether (sulfide) groups is 1. The number of nitrogens with one attached hydrogen (secondary N) is 1.